The first-order chi connectivity index (χ1) is 34.8. The molecule has 0 spiro atoms. The summed E-state index contributed by atoms with van der Waals surface area (Å²) in [6, 6.07) is -0.969. The summed E-state index contributed by atoms with van der Waals surface area (Å²) in [7, 11) is 0. The zero-order valence-electron chi connectivity index (χ0n) is 43.7. The van der Waals surface area contributed by atoms with Crippen LogP contribution in [0.4, 0.5) is 0 Å². The zero-order valence-corrected chi connectivity index (χ0v) is 43.7. The van der Waals surface area contributed by atoms with Crippen LogP contribution < -0.4 is 5.32 Å². The Morgan fingerprint density at radius 2 is 0.833 bits per heavy atom. The third kappa shape index (κ3) is 23.4. The van der Waals surface area contributed by atoms with Crippen molar-refractivity contribution in [2.24, 2.45) is 0 Å². The minimum Gasteiger partial charge on any atom is -0.394 e. The molecule has 0 radical (unpaired) electrons. The normalized spacial score (nSPS) is 32.0. The quantitative estimate of drug-likeness (QED) is 0.0309. The van der Waals surface area contributed by atoms with Gasteiger partial charge >= 0.3 is 0 Å². The Labute approximate surface area is 429 Å². The fourth-order valence-electron chi connectivity index (χ4n) is 9.81. The number of nitrogens with one attached hydrogen (secondary N) is 1. The lowest BCUT2D eigenvalue weighted by Gasteiger charge is -2.48. The smallest absolute Gasteiger partial charge is 0.217 e. The molecule has 72 heavy (non-hydrogen) atoms. The van der Waals surface area contributed by atoms with E-state index < -0.39 is 130 Å². The molecule has 1 amide bonds. The standard InChI is InChI=1S/C53H99NO18/c1-3-4-5-6-7-8-9-10-11-12-13-14-15-16-17-18-19-20-21-22-23-24-25-26-27-28-29-30-31-38(59)37(54-36(2)58)35-67-51-47(65)44(62)49(40(33-56)69-51)72-53-48(66)45(63)50(41(34-57)70-53)71-52-46(64)43(61)42(60)39(32-55)68-52/h30-31,37-53,55-57,59-66H,3-29,32-35H2,1-2H3,(H,54,58)/b31-30+. The molecule has 19 nitrogen and oxygen atoms in total. The highest BCUT2D eigenvalue weighted by atomic mass is 16.8. The summed E-state index contributed by atoms with van der Waals surface area (Å²) in [5, 5.41) is 118. The molecule has 3 fully saturated rings. The van der Waals surface area contributed by atoms with Crippen molar-refractivity contribution in [3.05, 3.63) is 12.2 Å². The first-order valence-electron chi connectivity index (χ1n) is 27.9. The highest BCUT2D eigenvalue weighted by Crippen LogP contribution is 2.33. The molecule has 424 valence electrons. The van der Waals surface area contributed by atoms with Crippen molar-refractivity contribution >= 4 is 5.91 Å². The second-order valence-electron chi connectivity index (χ2n) is 20.5. The summed E-state index contributed by atoms with van der Waals surface area (Å²) in [4.78, 5) is 12.0. The second-order valence-corrected chi connectivity index (χ2v) is 20.5. The number of ether oxygens (including phenoxy) is 6. The average molecular weight is 1040 g/mol. The van der Waals surface area contributed by atoms with Crippen molar-refractivity contribution in [3.8, 4) is 0 Å². The number of allylic oxidation sites excluding steroid dienone is 1. The summed E-state index contributed by atoms with van der Waals surface area (Å²) in [5.74, 6) is -0.450. The molecule has 3 saturated heterocycles. The topological polar surface area (TPSA) is 307 Å². The van der Waals surface area contributed by atoms with Gasteiger partial charge in [0.25, 0.3) is 0 Å². The number of unbranched alkanes of at least 4 members (excludes halogenated alkanes) is 26. The molecule has 0 aromatic rings. The van der Waals surface area contributed by atoms with Gasteiger partial charge in [0.1, 0.15) is 73.2 Å². The summed E-state index contributed by atoms with van der Waals surface area (Å²) >= 11 is 0. The van der Waals surface area contributed by atoms with Crippen molar-refractivity contribution in [3.63, 3.8) is 0 Å². The first-order valence-corrected chi connectivity index (χ1v) is 27.9. The van der Waals surface area contributed by atoms with Gasteiger partial charge in [0.15, 0.2) is 18.9 Å². The molecule has 17 unspecified atom stereocenters. The van der Waals surface area contributed by atoms with Crippen LogP contribution in [-0.2, 0) is 33.2 Å². The van der Waals surface area contributed by atoms with E-state index in [9.17, 15) is 61.0 Å². The maximum atomic E-state index is 12.0. The molecule has 0 aromatic carbocycles. The fraction of sp³-hybridized carbons (Fsp3) is 0.943. The van der Waals surface area contributed by atoms with E-state index in [1.165, 1.54) is 155 Å². The number of aliphatic hydroxyl groups excluding tert-OH is 11. The number of hydrogen-bond donors (Lipinski definition) is 12. The molecule has 0 bridgehead atoms. The predicted octanol–water partition coefficient (Wildman–Crippen LogP) is 3.43. The van der Waals surface area contributed by atoms with Crippen molar-refractivity contribution in [1.82, 2.24) is 5.32 Å². The Morgan fingerprint density at radius 1 is 0.486 bits per heavy atom. The van der Waals surface area contributed by atoms with E-state index in [0.29, 0.717) is 0 Å². The molecular formula is C53H99NO18. The van der Waals surface area contributed by atoms with Crippen LogP contribution in [0, 0.1) is 0 Å². The maximum absolute atomic E-state index is 12.0. The Kier molecular flexibility index (Phi) is 34.3. The number of rotatable bonds is 40. The van der Waals surface area contributed by atoms with E-state index in [0.717, 1.165) is 25.7 Å². The largest absolute Gasteiger partial charge is 0.394 e. The summed E-state index contributed by atoms with van der Waals surface area (Å²) < 4.78 is 33.7. The first kappa shape index (κ1) is 64.8. The van der Waals surface area contributed by atoms with Gasteiger partial charge in [-0.2, -0.15) is 0 Å². The van der Waals surface area contributed by atoms with Gasteiger partial charge in [-0.1, -0.05) is 180 Å². The summed E-state index contributed by atoms with van der Waals surface area (Å²) in [6.07, 6.45) is 12.2. The minimum absolute atomic E-state index is 0.368. The van der Waals surface area contributed by atoms with Crippen molar-refractivity contribution < 1.29 is 89.4 Å². The van der Waals surface area contributed by atoms with Gasteiger partial charge < -0.3 is 89.9 Å². The molecule has 0 saturated carbocycles. The maximum Gasteiger partial charge on any atom is 0.217 e. The minimum atomic E-state index is -1.97. The Morgan fingerprint density at radius 3 is 1.22 bits per heavy atom. The highest BCUT2D eigenvalue weighted by Gasteiger charge is 2.53. The fourth-order valence-corrected chi connectivity index (χ4v) is 9.81. The van der Waals surface area contributed by atoms with Crippen LogP contribution in [0.5, 0.6) is 0 Å². The van der Waals surface area contributed by atoms with Crippen LogP contribution in [-0.4, -0.2) is 193 Å². The SMILES string of the molecule is CCCCCCCCCCCCCCCCCCCCCCCCCCCC/C=C/C(O)C(COC1OC(CO)C(OC2OC(CO)C(OC3OC(CO)C(O)C(O)C3O)C(O)C2O)C(O)C1O)NC(C)=O. The second kappa shape index (κ2) is 38.1. The monoisotopic (exact) mass is 1040 g/mol. The van der Waals surface area contributed by atoms with Crippen LogP contribution in [0.1, 0.15) is 187 Å². The number of aliphatic hydroxyl groups is 11. The molecule has 3 aliphatic heterocycles. The van der Waals surface area contributed by atoms with E-state index in [1.54, 1.807) is 6.08 Å². The van der Waals surface area contributed by atoms with Gasteiger partial charge in [0.05, 0.1) is 38.6 Å². The average Bonchev–Trinajstić information content (AvgIpc) is 3.37. The third-order valence-electron chi connectivity index (χ3n) is 14.4. The van der Waals surface area contributed by atoms with Crippen LogP contribution in [0.15, 0.2) is 12.2 Å². The Balaban J connectivity index is 1.27. The van der Waals surface area contributed by atoms with E-state index in [1.807, 2.05) is 6.08 Å². The van der Waals surface area contributed by atoms with Gasteiger partial charge in [0.2, 0.25) is 5.91 Å². The van der Waals surface area contributed by atoms with Crippen molar-refractivity contribution in [1.29, 1.82) is 0 Å². The van der Waals surface area contributed by atoms with Crippen LogP contribution in [0.2, 0.25) is 0 Å². The van der Waals surface area contributed by atoms with Gasteiger partial charge in [-0.15, -0.1) is 0 Å². The van der Waals surface area contributed by atoms with Crippen LogP contribution >= 0.6 is 0 Å². The molecule has 0 aromatic heterocycles. The van der Waals surface area contributed by atoms with Gasteiger partial charge in [0, 0.05) is 6.92 Å². The molecule has 3 aliphatic rings. The summed E-state index contributed by atoms with van der Waals surface area (Å²) in [6.45, 7) is 0.767. The molecule has 3 heterocycles. The Bertz CT molecular complexity index is 1380. The Hall–Kier alpha value is -1.47. The highest BCUT2D eigenvalue weighted by molar-refractivity contribution is 5.73. The molecule has 12 N–H and O–H groups in total. The van der Waals surface area contributed by atoms with E-state index in [4.69, 9.17) is 28.4 Å². The van der Waals surface area contributed by atoms with Crippen molar-refractivity contribution in [2.45, 2.75) is 291 Å². The number of carbonyl (C=O) groups excluding carboxylic acids is 1. The molecule has 19 heteroatoms. The van der Waals surface area contributed by atoms with Gasteiger partial charge in [-0.05, 0) is 12.8 Å². The lowest BCUT2D eigenvalue weighted by Crippen LogP contribution is -2.66. The van der Waals surface area contributed by atoms with E-state index >= 15 is 0 Å². The summed E-state index contributed by atoms with van der Waals surface area (Å²) in [5.41, 5.74) is 0. The molecule has 0 aliphatic carbocycles. The van der Waals surface area contributed by atoms with Crippen LogP contribution in [0.25, 0.3) is 0 Å². The van der Waals surface area contributed by atoms with Gasteiger partial charge in [-0.25, -0.2) is 0 Å². The number of carbonyl (C=O) groups is 1. The van der Waals surface area contributed by atoms with Gasteiger partial charge in [-0.3, -0.25) is 4.79 Å². The van der Waals surface area contributed by atoms with E-state index in [2.05, 4.69) is 12.2 Å². The zero-order chi connectivity index (χ0) is 52.7. The predicted molar refractivity (Wildman–Crippen MR) is 268 cm³/mol. The third-order valence-corrected chi connectivity index (χ3v) is 14.4. The number of amides is 1. The molecular weight excluding hydrogens is 939 g/mol. The van der Waals surface area contributed by atoms with E-state index in [-0.39, 0.29) is 6.61 Å². The molecule has 17 atom stereocenters. The van der Waals surface area contributed by atoms with Crippen LogP contribution in [0.3, 0.4) is 0 Å². The lowest BCUT2D eigenvalue weighted by molar-refractivity contribution is -0.379. The number of hydrogen-bond acceptors (Lipinski definition) is 18. The van der Waals surface area contributed by atoms with Crippen molar-refractivity contribution in [2.75, 3.05) is 26.4 Å². The molecule has 3 rings (SSSR count). The lowest BCUT2D eigenvalue weighted by atomic mass is 9.96.